The van der Waals surface area contributed by atoms with Gasteiger partial charge in [0.25, 0.3) is 11.8 Å². The fourth-order valence-corrected chi connectivity index (χ4v) is 4.89. The molecule has 1 heterocycles. The van der Waals surface area contributed by atoms with E-state index in [0.717, 1.165) is 31.0 Å². The lowest BCUT2D eigenvalue weighted by Crippen LogP contribution is -2.63. The van der Waals surface area contributed by atoms with E-state index >= 15 is 0 Å². The van der Waals surface area contributed by atoms with E-state index in [1.807, 2.05) is 13.8 Å². The Labute approximate surface area is 228 Å². The quantitative estimate of drug-likeness (QED) is 0.404. The van der Waals surface area contributed by atoms with Crippen LogP contribution in [0.15, 0.2) is 36.4 Å². The molecule has 3 atom stereocenters. The van der Waals surface area contributed by atoms with Crippen molar-refractivity contribution >= 4 is 17.7 Å². The van der Waals surface area contributed by atoms with E-state index in [1.54, 1.807) is 31.0 Å². The molecular weight excluding hydrogens is 506 g/mol. The number of carbonyl (C=O) groups excluding carboxylic acids is 3. The molecule has 3 N–H and O–H groups in total. The number of nitrogens with one attached hydrogen (secondary N) is 2. The summed E-state index contributed by atoms with van der Waals surface area (Å²) in [4.78, 5) is 42.6. The molecule has 0 aromatic heterocycles. The summed E-state index contributed by atoms with van der Waals surface area (Å²) in [5, 5.41) is 17.0. The van der Waals surface area contributed by atoms with Crippen LogP contribution in [0.25, 0.3) is 0 Å². The van der Waals surface area contributed by atoms with Crippen molar-refractivity contribution in [2.24, 2.45) is 0 Å². The zero-order valence-corrected chi connectivity index (χ0v) is 23.0. The molecule has 212 valence electrons. The molecule has 2 aromatic carbocycles. The van der Waals surface area contributed by atoms with Gasteiger partial charge in [0.05, 0.1) is 12.1 Å². The lowest BCUT2D eigenvalue weighted by atomic mass is 9.94. The lowest BCUT2D eigenvalue weighted by Gasteiger charge is -2.36. The van der Waals surface area contributed by atoms with E-state index in [-0.39, 0.29) is 29.4 Å². The Balaban J connectivity index is 1.91. The Bertz CT molecular complexity index is 1170. The fourth-order valence-electron chi connectivity index (χ4n) is 4.89. The van der Waals surface area contributed by atoms with Gasteiger partial charge in [0.1, 0.15) is 17.7 Å². The SMILES string of the molecule is CCCN(CCC)C(=O)c1cc(C)cc(C(=O)N[C@@H](Cc2cc(F)cc(F)c2)C(O)[C@@H]2NCCN(C)C2=O)c1. The summed E-state index contributed by atoms with van der Waals surface area (Å²) in [6, 6.07) is 5.75. The number of amides is 3. The average molecular weight is 545 g/mol. The summed E-state index contributed by atoms with van der Waals surface area (Å²) in [7, 11) is 1.62. The number of piperazine rings is 1. The lowest BCUT2D eigenvalue weighted by molar-refractivity contribution is -0.138. The topological polar surface area (TPSA) is 102 Å². The van der Waals surface area contributed by atoms with Gasteiger partial charge in [-0.05, 0) is 67.6 Å². The van der Waals surface area contributed by atoms with Gasteiger partial charge in [-0.15, -0.1) is 0 Å². The van der Waals surface area contributed by atoms with E-state index in [4.69, 9.17) is 0 Å². The molecule has 2 aromatic rings. The molecule has 39 heavy (non-hydrogen) atoms. The number of hydrogen-bond acceptors (Lipinski definition) is 5. The number of halogens is 2. The normalized spacial score (nSPS) is 17.1. The standard InChI is InChI=1S/C29H38F2N4O4/c1-5-8-35(9-6-2)28(38)21-12-18(3)11-20(16-21)27(37)33-24(15-19-13-22(30)17-23(31)14-19)26(36)25-29(39)34(4)10-7-32-25/h11-14,16-17,24-26,32,36H,5-10,15H2,1-4H3,(H,33,37)/t24-,25-,26?/m0/s1. The van der Waals surface area contributed by atoms with E-state index in [2.05, 4.69) is 10.6 Å². The number of benzene rings is 2. The Kier molecular flexibility index (Phi) is 10.5. The maximum atomic E-state index is 13.9. The van der Waals surface area contributed by atoms with Gasteiger partial charge < -0.3 is 25.5 Å². The fraction of sp³-hybridized carbons (Fsp3) is 0.483. The van der Waals surface area contributed by atoms with Crippen molar-refractivity contribution in [3.63, 3.8) is 0 Å². The molecule has 0 bridgehead atoms. The van der Waals surface area contributed by atoms with Crippen molar-refractivity contribution < 1.29 is 28.3 Å². The molecule has 3 amide bonds. The van der Waals surface area contributed by atoms with Crippen LogP contribution in [0, 0.1) is 18.6 Å². The van der Waals surface area contributed by atoms with Crippen LogP contribution in [0.2, 0.25) is 0 Å². The number of hydrogen-bond donors (Lipinski definition) is 3. The molecule has 1 aliphatic rings. The van der Waals surface area contributed by atoms with Gasteiger partial charge >= 0.3 is 0 Å². The van der Waals surface area contributed by atoms with Gasteiger partial charge in [-0.2, -0.15) is 0 Å². The molecule has 0 saturated carbocycles. The summed E-state index contributed by atoms with van der Waals surface area (Å²) < 4.78 is 27.8. The highest BCUT2D eigenvalue weighted by Gasteiger charge is 2.37. The minimum Gasteiger partial charge on any atom is -0.389 e. The summed E-state index contributed by atoms with van der Waals surface area (Å²) in [6.45, 7) is 7.85. The highest BCUT2D eigenvalue weighted by atomic mass is 19.1. The third-order valence-electron chi connectivity index (χ3n) is 6.76. The number of nitrogens with zero attached hydrogens (tertiary/aromatic N) is 2. The summed E-state index contributed by atoms with van der Waals surface area (Å²) in [5.41, 5.74) is 1.49. The molecule has 1 fully saturated rings. The number of aliphatic hydroxyl groups is 1. The Morgan fingerprint density at radius 1 is 1.08 bits per heavy atom. The van der Waals surface area contributed by atoms with Crippen molar-refractivity contribution in [1.29, 1.82) is 0 Å². The predicted octanol–water partition coefficient (Wildman–Crippen LogP) is 2.67. The highest BCUT2D eigenvalue weighted by Crippen LogP contribution is 2.18. The summed E-state index contributed by atoms with van der Waals surface area (Å²) >= 11 is 0. The van der Waals surface area contributed by atoms with Gasteiger partial charge in [-0.1, -0.05) is 13.8 Å². The predicted molar refractivity (Wildman–Crippen MR) is 144 cm³/mol. The molecular formula is C29H38F2N4O4. The first-order valence-electron chi connectivity index (χ1n) is 13.4. The average Bonchev–Trinajstić information content (AvgIpc) is 2.88. The minimum absolute atomic E-state index is 0.130. The molecule has 0 radical (unpaired) electrons. The van der Waals surface area contributed by atoms with E-state index in [1.165, 1.54) is 11.0 Å². The summed E-state index contributed by atoms with van der Waals surface area (Å²) in [5.74, 6) is -2.69. The largest absolute Gasteiger partial charge is 0.389 e. The van der Waals surface area contributed by atoms with Crippen LogP contribution in [0.4, 0.5) is 8.78 Å². The number of carbonyl (C=O) groups is 3. The zero-order valence-electron chi connectivity index (χ0n) is 23.0. The van der Waals surface area contributed by atoms with Crippen LogP contribution in [0.5, 0.6) is 0 Å². The number of aryl methyl sites for hydroxylation is 1. The Morgan fingerprint density at radius 3 is 2.31 bits per heavy atom. The van der Waals surface area contributed by atoms with Gasteiger partial charge in [0, 0.05) is 50.4 Å². The summed E-state index contributed by atoms with van der Waals surface area (Å²) in [6.07, 6.45) is 0.0727. The van der Waals surface area contributed by atoms with Crippen molar-refractivity contribution in [3.05, 3.63) is 70.3 Å². The third-order valence-corrected chi connectivity index (χ3v) is 6.76. The third kappa shape index (κ3) is 7.83. The molecule has 1 unspecified atom stereocenters. The second-order valence-corrected chi connectivity index (χ2v) is 10.1. The van der Waals surface area contributed by atoms with Gasteiger partial charge in [0.2, 0.25) is 5.91 Å². The van der Waals surface area contributed by atoms with Crippen molar-refractivity contribution in [2.75, 3.05) is 33.2 Å². The zero-order chi connectivity index (χ0) is 28.7. The van der Waals surface area contributed by atoms with E-state index < -0.39 is 35.7 Å². The molecule has 1 aliphatic heterocycles. The molecule has 10 heteroatoms. The first kappa shape index (κ1) is 30.2. The number of rotatable bonds is 11. The monoisotopic (exact) mass is 544 g/mol. The second-order valence-electron chi connectivity index (χ2n) is 10.1. The maximum absolute atomic E-state index is 13.9. The first-order valence-corrected chi connectivity index (χ1v) is 13.4. The molecule has 8 nitrogen and oxygen atoms in total. The first-order chi connectivity index (χ1) is 18.5. The smallest absolute Gasteiger partial charge is 0.253 e. The van der Waals surface area contributed by atoms with E-state index in [9.17, 15) is 28.3 Å². The van der Waals surface area contributed by atoms with Crippen LogP contribution >= 0.6 is 0 Å². The number of likely N-dealkylation sites (N-methyl/N-ethyl adjacent to an activating group) is 1. The van der Waals surface area contributed by atoms with Crippen molar-refractivity contribution in [2.45, 2.75) is 58.2 Å². The van der Waals surface area contributed by atoms with Crippen molar-refractivity contribution in [3.8, 4) is 0 Å². The van der Waals surface area contributed by atoms with Gasteiger partial charge in [-0.3, -0.25) is 14.4 Å². The molecule has 3 rings (SSSR count). The maximum Gasteiger partial charge on any atom is 0.253 e. The van der Waals surface area contributed by atoms with E-state index in [0.29, 0.717) is 37.3 Å². The van der Waals surface area contributed by atoms with Crippen LogP contribution in [0.1, 0.15) is 58.5 Å². The number of aliphatic hydroxyl groups excluding tert-OH is 1. The Hall–Kier alpha value is -3.37. The highest BCUT2D eigenvalue weighted by molar-refractivity contribution is 6.00. The van der Waals surface area contributed by atoms with Gasteiger partial charge in [0.15, 0.2) is 0 Å². The van der Waals surface area contributed by atoms with Crippen LogP contribution in [-0.4, -0.2) is 84.0 Å². The molecule has 1 saturated heterocycles. The van der Waals surface area contributed by atoms with Gasteiger partial charge in [-0.25, -0.2) is 8.78 Å². The van der Waals surface area contributed by atoms with Crippen LogP contribution in [0.3, 0.4) is 0 Å². The van der Waals surface area contributed by atoms with Crippen LogP contribution < -0.4 is 10.6 Å². The molecule has 0 aliphatic carbocycles. The second kappa shape index (κ2) is 13.6. The Morgan fingerprint density at radius 2 is 1.69 bits per heavy atom. The minimum atomic E-state index is -1.40. The van der Waals surface area contributed by atoms with Crippen LogP contribution in [-0.2, 0) is 11.2 Å². The van der Waals surface area contributed by atoms with Crippen molar-refractivity contribution in [1.82, 2.24) is 20.4 Å². The molecule has 0 spiro atoms.